The van der Waals surface area contributed by atoms with Crippen molar-refractivity contribution in [2.75, 3.05) is 45.3 Å². The number of para-hydroxylation sites is 1. The van der Waals surface area contributed by atoms with Crippen LogP contribution in [0.4, 0.5) is 5.69 Å². The minimum absolute atomic E-state index is 0.0952. The molecule has 2 aromatic carbocycles. The monoisotopic (exact) mass is 553 g/mol. The summed E-state index contributed by atoms with van der Waals surface area (Å²) in [6, 6.07) is 11.5. The normalized spacial score (nSPS) is 20.7. The molecule has 3 N–H and O–H groups in total. The first-order valence-electron chi connectivity index (χ1n) is 13.8. The maximum Gasteiger partial charge on any atom is 0.335 e. The molecular weight excluding hydrogens is 514 g/mol. The van der Waals surface area contributed by atoms with Gasteiger partial charge in [0.25, 0.3) is 5.91 Å². The summed E-state index contributed by atoms with van der Waals surface area (Å²) < 4.78 is 12.0. The van der Waals surface area contributed by atoms with Crippen LogP contribution in [0.5, 0.6) is 5.75 Å². The van der Waals surface area contributed by atoms with Gasteiger partial charge in [0, 0.05) is 44.7 Å². The van der Waals surface area contributed by atoms with Gasteiger partial charge >= 0.3 is 5.97 Å². The highest BCUT2D eigenvalue weighted by molar-refractivity contribution is 6.02. The summed E-state index contributed by atoms with van der Waals surface area (Å²) in [5.41, 5.74) is 1.98. The van der Waals surface area contributed by atoms with Gasteiger partial charge in [0.15, 0.2) is 5.75 Å². The van der Waals surface area contributed by atoms with Gasteiger partial charge in [0.05, 0.1) is 29.5 Å². The van der Waals surface area contributed by atoms with Crippen molar-refractivity contribution in [3.63, 3.8) is 0 Å². The molecule has 2 aromatic rings. The molecule has 3 atom stereocenters. The van der Waals surface area contributed by atoms with Crippen molar-refractivity contribution in [1.82, 2.24) is 9.80 Å². The topological polar surface area (TPSA) is 129 Å². The smallest absolute Gasteiger partial charge is 0.335 e. The Morgan fingerprint density at radius 3 is 2.50 bits per heavy atom. The largest absolute Gasteiger partial charge is 0.486 e. The Morgan fingerprint density at radius 2 is 1.85 bits per heavy atom. The van der Waals surface area contributed by atoms with Gasteiger partial charge in [-0.2, -0.15) is 0 Å². The summed E-state index contributed by atoms with van der Waals surface area (Å²) in [6.45, 7) is 6.20. The van der Waals surface area contributed by atoms with E-state index in [0.717, 1.165) is 5.56 Å². The van der Waals surface area contributed by atoms with Crippen molar-refractivity contribution in [3.05, 3.63) is 59.2 Å². The molecule has 10 nitrogen and oxygen atoms in total. The Balaban J connectivity index is 1.60. The first-order chi connectivity index (χ1) is 19.2. The van der Waals surface area contributed by atoms with E-state index in [0.29, 0.717) is 62.7 Å². The number of hydrogen-bond donors (Lipinski definition) is 3. The number of likely N-dealkylation sites (N-methyl/N-ethyl adjacent to an activating group) is 1. The van der Waals surface area contributed by atoms with E-state index in [2.05, 4.69) is 10.2 Å². The number of hydrogen-bond acceptors (Lipinski definition) is 7. The highest BCUT2D eigenvalue weighted by Gasteiger charge is 2.35. The van der Waals surface area contributed by atoms with Gasteiger partial charge in [-0.05, 0) is 56.6 Å². The zero-order valence-corrected chi connectivity index (χ0v) is 23.3. The van der Waals surface area contributed by atoms with Gasteiger partial charge in [-0.25, -0.2) is 4.79 Å². The fourth-order valence-electron chi connectivity index (χ4n) is 5.19. The molecule has 1 saturated heterocycles. The van der Waals surface area contributed by atoms with Crippen LogP contribution >= 0.6 is 0 Å². The molecule has 0 radical (unpaired) electrons. The SMILES string of the molecule is C[C@H](CO)N1C[C@H](C)[C@@H](CN(C)Cc2ccc(C(=O)O)cc2)Oc2c(NC(=O)C3CCOCC3)cccc2C1=O. The van der Waals surface area contributed by atoms with Gasteiger partial charge in [-0.1, -0.05) is 25.1 Å². The molecule has 0 aromatic heterocycles. The van der Waals surface area contributed by atoms with Crippen molar-refractivity contribution in [3.8, 4) is 5.75 Å². The Labute approximate surface area is 234 Å². The van der Waals surface area contributed by atoms with Crippen molar-refractivity contribution in [1.29, 1.82) is 0 Å². The number of anilines is 1. The molecule has 10 heteroatoms. The number of benzene rings is 2. The number of ether oxygens (including phenoxy) is 2. The van der Waals surface area contributed by atoms with Crippen LogP contribution in [0.25, 0.3) is 0 Å². The van der Waals surface area contributed by atoms with Crippen LogP contribution in [0.2, 0.25) is 0 Å². The van der Waals surface area contributed by atoms with Gasteiger partial charge in [0.2, 0.25) is 5.91 Å². The van der Waals surface area contributed by atoms with E-state index < -0.39 is 12.0 Å². The summed E-state index contributed by atoms with van der Waals surface area (Å²) in [5.74, 6) is -1.28. The number of carboxylic acid groups (broad SMARTS) is 1. The van der Waals surface area contributed by atoms with Crippen molar-refractivity contribution in [2.45, 2.75) is 45.4 Å². The molecule has 4 rings (SSSR count). The third kappa shape index (κ3) is 6.99. The molecule has 2 amide bonds. The first-order valence-corrected chi connectivity index (χ1v) is 13.8. The second-order valence-corrected chi connectivity index (χ2v) is 10.9. The summed E-state index contributed by atoms with van der Waals surface area (Å²) >= 11 is 0. The Bertz CT molecular complexity index is 1200. The number of amides is 2. The number of aromatic carboxylic acids is 1. The fraction of sp³-hybridized carbons (Fsp3) is 0.500. The average Bonchev–Trinajstić information content (AvgIpc) is 2.95. The summed E-state index contributed by atoms with van der Waals surface area (Å²) in [4.78, 5) is 41.7. The molecule has 1 fully saturated rings. The highest BCUT2D eigenvalue weighted by Crippen LogP contribution is 2.35. The predicted molar refractivity (Wildman–Crippen MR) is 150 cm³/mol. The average molecular weight is 554 g/mol. The number of nitrogens with one attached hydrogen (secondary N) is 1. The lowest BCUT2D eigenvalue weighted by molar-refractivity contribution is -0.122. The lowest BCUT2D eigenvalue weighted by atomic mass is 9.98. The van der Waals surface area contributed by atoms with Crippen LogP contribution in [0.1, 0.15) is 53.0 Å². The number of aliphatic hydroxyl groups excluding tert-OH is 1. The highest BCUT2D eigenvalue weighted by atomic mass is 16.5. The zero-order chi connectivity index (χ0) is 28.8. The van der Waals surface area contributed by atoms with E-state index in [1.165, 1.54) is 0 Å². The molecule has 40 heavy (non-hydrogen) atoms. The minimum atomic E-state index is -0.966. The quantitative estimate of drug-likeness (QED) is 0.432. The van der Waals surface area contributed by atoms with Crippen molar-refractivity contribution in [2.24, 2.45) is 11.8 Å². The standard InChI is InChI=1S/C30H39N3O7/c1-19-15-33(20(2)18-34)29(36)24-5-4-6-25(31-28(35)22-11-13-39-14-12-22)27(24)40-26(19)17-32(3)16-21-7-9-23(10-8-21)30(37)38/h4-10,19-20,22,26,34H,11-18H2,1-3H3,(H,31,35)(H,37,38)/t19-,20+,26+/m0/s1. The maximum atomic E-state index is 13.7. The van der Waals surface area contributed by atoms with Crippen LogP contribution in [0.3, 0.4) is 0 Å². The summed E-state index contributed by atoms with van der Waals surface area (Å²) in [7, 11) is 1.96. The van der Waals surface area contributed by atoms with Crippen LogP contribution in [0, 0.1) is 11.8 Å². The van der Waals surface area contributed by atoms with E-state index in [4.69, 9.17) is 9.47 Å². The molecule has 0 aliphatic carbocycles. The molecule has 0 bridgehead atoms. The molecule has 2 aliphatic heterocycles. The third-order valence-corrected chi connectivity index (χ3v) is 7.69. The van der Waals surface area contributed by atoms with E-state index in [1.807, 2.05) is 20.9 Å². The van der Waals surface area contributed by atoms with E-state index in [9.17, 15) is 24.6 Å². The van der Waals surface area contributed by atoms with Crippen LogP contribution < -0.4 is 10.1 Å². The molecule has 2 aliphatic rings. The molecule has 0 saturated carbocycles. The number of carbonyl (C=O) groups excluding carboxylic acids is 2. The van der Waals surface area contributed by atoms with E-state index in [1.54, 1.807) is 47.4 Å². The maximum absolute atomic E-state index is 13.7. The Kier molecular flexibility index (Phi) is 9.78. The van der Waals surface area contributed by atoms with Crippen LogP contribution in [0.15, 0.2) is 42.5 Å². The van der Waals surface area contributed by atoms with Crippen LogP contribution in [-0.4, -0.2) is 89.9 Å². The Morgan fingerprint density at radius 1 is 1.15 bits per heavy atom. The van der Waals surface area contributed by atoms with Gasteiger partial charge in [-0.15, -0.1) is 0 Å². The number of carbonyl (C=O) groups is 3. The number of rotatable bonds is 9. The van der Waals surface area contributed by atoms with Crippen molar-refractivity contribution < 1.29 is 34.1 Å². The minimum Gasteiger partial charge on any atom is -0.486 e. The zero-order valence-electron chi connectivity index (χ0n) is 23.3. The van der Waals surface area contributed by atoms with Crippen LogP contribution in [-0.2, 0) is 16.1 Å². The second-order valence-electron chi connectivity index (χ2n) is 10.9. The number of fused-ring (bicyclic) bond motifs is 1. The fourth-order valence-corrected chi connectivity index (χ4v) is 5.19. The Hall–Kier alpha value is -3.47. The van der Waals surface area contributed by atoms with Gasteiger partial charge in [0.1, 0.15) is 6.10 Å². The number of nitrogens with zero attached hydrogens (tertiary/aromatic N) is 2. The first kappa shape index (κ1) is 29.5. The van der Waals surface area contributed by atoms with Crippen molar-refractivity contribution >= 4 is 23.5 Å². The summed E-state index contributed by atoms with van der Waals surface area (Å²) in [6.07, 6.45) is 0.936. The molecule has 2 heterocycles. The van der Waals surface area contributed by atoms with E-state index in [-0.39, 0.29) is 41.9 Å². The summed E-state index contributed by atoms with van der Waals surface area (Å²) in [5, 5.41) is 22.1. The van der Waals surface area contributed by atoms with Gasteiger partial charge < -0.3 is 29.9 Å². The molecular formula is C30H39N3O7. The molecule has 216 valence electrons. The second kappa shape index (κ2) is 13.3. The molecule has 0 spiro atoms. The van der Waals surface area contributed by atoms with Gasteiger partial charge in [-0.3, -0.25) is 14.5 Å². The van der Waals surface area contributed by atoms with E-state index >= 15 is 0 Å². The lowest BCUT2D eigenvalue weighted by Gasteiger charge is -2.38. The number of aliphatic hydroxyl groups is 1. The predicted octanol–water partition coefficient (Wildman–Crippen LogP) is 3.10. The molecule has 0 unspecified atom stereocenters. The third-order valence-electron chi connectivity index (χ3n) is 7.69. The number of carboxylic acids is 1. The lowest BCUT2D eigenvalue weighted by Crippen LogP contribution is -2.49.